The fraction of sp³-hybridized carbons (Fsp3) is 0.438. The molecule has 0 aliphatic carbocycles. The number of amides is 1. The fourth-order valence-corrected chi connectivity index (χ4v) is 3.23. The topological polar surface area (TPSA) is 121 Å². The van der Waals surface area contributed by atoms with Crippen LogP contribution in [0.4, 0.5) is 11.4 Å². The molecule has 2 aromatic rings. The quantitative estimate of drug-likeness (QED) is 0.634. The van der Waals surface area contributed by atoms with Gasteiger partial charge in [0.2, 0.25) is 5.91 Å². The molecule has 1 amide bonds. The third-order valence-corrected chi connectivity index (χ3v) is 4.43. The number of nitro groups is 1. The van der Waals surface area contributed by atoms with E-state index < -0.39 is 10.5 Å². The van der Waals surface area contributed by atoms with Gasteiger partial charge in [0.1, 0.15) is 5.69 Å². The molecular formula is C16H19N5O4. The smallest absolute Gasteiger partial charge is 0.293 e. The average molecular weight is 345 g/mol. The summed E-state index contributed by atoms with van der Waals surface area (Å²) in [5.41, 5.74) is 0.379. The monoisotopic (exact) mass is 345 g/mol. The number of aromatic amines is 1. The lowest BCUT2D eigenvalue weighted by Gasteiger charge is -2.34. The van der Waals surface area contributed by atoms with E-state index in [9.17, 15) is 19.7 Å². The highest BCUT2D eigenvalue weighted by Crippen LogP contribution is 2.33. The van der Waals surface area contributed by atoms with Gasteiger partial charge in [-0.05, 0) is 24.8 Å². The Morgan fingerprint density at radius 2 is 2.32 bits per heavy atom. The summed E-state index contributed by atoms with van der Waals surface area (Å²) in [6, 6.07) is 2.89. The van der Waals surface area contributed by atoms with Crippen LogP contribution in [0.5, 0.6) is 0 Å². The summed E-state index contributed by atoms with van der Waals surface area (Å²) in [6.45, 7) is 3.31. The second-order valence-electron chi connectivity index (χ2n) is 6.24. The molecule has 3 rings (SSSR count). The second-order valence-corrected chi connectivity index (χ2v) is 6.24. The van der Waals surface area contributed by atoms with E-state index in [1.165, 1.54) is 19.3 Å². The van der Waals surface area contributed by atoms with Crippen LogP contribution in [0, 0.1) is 16.0 Å². The van der Waals surface area contributed by atoms with E-state index in [2.05, 4.69) is 15.3 Å². The number of hydrogen-bond donors (Lipinski definition) is 2. The maximum absolute atomic E-state index is 11.9. The van der Waals surface area contributed by atoms with Gasteiger partial charge in [0.15, 0.2) is 0 Å². The highest BCUT2D eigenvalue weighted by Gasteiger charge is 2.27. The molecule has 1 saturated heterocycles. The molecule has 0 saturated carbocycles. The summed E-state index contributed by atoms with van der Waals surface area (Å²) in [5.74, 6) is 0.136. The highest BCUT2D eigenvalue weighted by atomic mass is 16.6. The molecule has 132 valence electrons. The van der Waals surface area contributed by atoms with E-state index in [0.717, 1.165) is 12.8 Å². The van der Waals surface area contributed by atoms with Crippen LogP contribution in [-0.2, 0) is 4.79 Å². The Morgan fingerprint density at radius 3 is 3.04 bits per heavy atom. The van der Waals surface area contributed by atoms with Gasteiger partial charge in [0.05, 0.1) is 22.2 Å². The third-order valence-electron chi connectivity index (χ3n) is 4.43. The number of H-pyrrole nitrogens is 1. The van der Waals surface area contributed by atoms with Crippen molar-refractivity contribution in [3.8, 4) is 0 Å². The lowest BCUT2D eigenvalue weighted by molar-refractivity contribution is -0.384. The van der Waals surface area contributed by atoms with Gasteiger partial charge in [-0.2, -0.15) is 0 Å². The molecule has 1 atom stereocenters. The van der Waals surface area contributed by atoms with E-state index >= 15 is 0 Å². The molecule has 2 N–H and O–H groups in total. The second kappa shape index (κ2) is 6.88. The van der Waals surface area contributed by atoms with Crippen molar-refractivity contribution in [2.45, 2.75) is 19.8 Å². The van der Waals surface area contributed by atoms with E-state index in [0.29, 0.717) is 30.8 Å². The van der Waals surface area contributed by atoms with Crippen molar-refractivity contribution in [1.29, 1.82) is 0 Å². The molecule has 1 aromatic carbocycles. The predicted molar refractivity (Wildman–Crippen MR) is 92.6 cm³/mol. The number of hydrogen-bond acceptors (Lipinski definition) is 6. The Morgan fingerprint density at radius 1 is 1.52 bits per heavy atom. The molecule has 1 aromatic heterocycles. The van der Waals surface area contributed by atoms with Crippen LogP contribution >= 0.6 is 0 Å². The number of nitro benzene ring substituents is 1. The minimum Gasteiger partial charge on any atom is -0.366 e. The number of aromatic nitrogens is 2. The van der Waals surface area contributed by atoms with Gasteiger partial charge in [-0.1, -0.05) is 0 Å². The van der Waals surface area contributed by atoms with Crippen LogP contribution in [-0.4, -0.2) is 40.4 Å². The van der Waals surface area contributed by atoms with Gasteiger partial charge in [-0.3, -0.25) is 19.7 Å². The summed E-state index contributed by atoms with van der Waals surface area (Å²) in [5, 5.41) is 14.5. The standard InChI is InChI=1S/C16H19N5O4/c1-10(22)17-7-11-3-2-4-20(8-11)14-6-13-12(5-15(14)21(24)25)16(23)19-9-18-13/h5-6,9,11H,2-4,7-8H2,1H3,(H,17,22)(H,18,19,23). The lowest BCUT2D eigenvalue weighted by Crippen LogP contribution is -2.40. The van der Waals surface area contributed by atoms with Gasteiger partial charge >= 0.3 is 0 Å². The highest BCUT2D eigenvalue weighted by molar-refractivity contribution is 5.87. The number of rotatable bonds is 4. The normalized spacial score (nSPS) is 17.5. The number of nitrogens with one attached hydrogen (secondary N) is 2. The van der Waals surface area contributed by atoms with Crippen LogP contribution in [0.15, 0.2) is 23.3 Å². The van der Waals surface area contributed by atoms with Gasteiger partial charge in [-0.25, -0.2) is 4.98 Å². The van der Waals surface area contributed by atoms with Crippen molar-refractivity contribution in [2.24, 2.45) is 5.92 Å². The zero-order valence-electron chi connectivity index (χ0n) is 13.8. The predicted octanol–water partition coefficient (Wildman–Crippen LogP) is 1.18. The van der Waals surface area contributed by atoms with E-state index in [1.54, 1.807) is 6.07 Å². The van der Waals surface area contributed by atoms with E-state index in [-0.39, 0.29) is 22.9 Å². The molecule has 0 radical (unpaired) electrons. The molecule has 1 aliphatic rings. The maximum atomic E-state index is 11.9. The summed E-state index contributed by atoms with van der Waals surface area (Å²) < 4.78 is 0. The van der Waals surface area contributed by atoms with Gasteiger partial charge < -0.3 is 15.2 Å². The molecular weight excluding hydrogens is 326 g/mol. The summed E-state index contributed by atoms with van der Waals surface area (Å²) in [7, 11) is 0. The van der Waals surface area contributed by atoms with Crippen molar-refractivity contribution in [3.63, 3.8) is 0 Å². The minimum atomic E-state index is -0.474. The Bertz CT molecular complexity index is 878. The van der Waals surface area contributed by atoms with Gasteiger partial charge in [0.25, 0.3) is 11.2 Å². The van der Waals surface area contributed by atoms with Crippen molar-refractivity contribution < 1.29 is 9.72 Å². The van der Waals surface area contributed by atoms with Crippen LogP contribution < -0.4 is 15.8 Å². The first-order valence-corrected chi connectivity index (χ1v) is 8.11. The first-order valence-electron chi connectivity index (χ1n) is 8.11. The molecule has 0 bridgehead atoms. The fourth-order valence-electron chi connectivity index (χ4n) is 3.23. The number of carbonyl (C=O) groups excluding carboxylic acids is 1. The Kier molecular flexibility index (Phi) is 4.64. The zero-order valence-corrected chi connectivity index (χ0v) is 13.8. The largest absolute Gasteiger partial charge is 0.366 e. The minimum absolute atomic E-state index is 0.0859. The molecule has 1 aliphatic heterocycles. The number of benzene rings is 1. The van der Waals surface area contributed by atoms with E-state index in [4.69, 9.17) is 0 Å². The van der Waals surface area contributed by atoms with Crippen molar-refractivity contribution in [2.75, 3.05) is 24.5 Å². The number of fused-ring (bicyclic) bond motifs is 1. The average Bonchev–Trinajstić information content (AvgIpc) is 2.59. The zero-order chi connectivity index (χ0) is 18.0. The molecule has 25 heavy (non-hydrogen) atoms. The van der Waals surface area contributed by atoms with Gasteiger partial charge in [0, 0.05) is 32.6 Å². The van der Waals surface area contributed by atoms with Crippen LogP contribution in [0.3, 0.4) is 0 Å². The Hall–Kier alpha value is -2.97. The van der Waals surface area contributed by atoms with Crippen LogP contribution in [0.2, 0.25) is 0 Å². The summed E-state index contributed by atoms with van der Waals surface area (Å²) in [4.78, 5) is 42.5. The van der Waals surface area contributed by atoms with Gasteiger partial charge in [-0.15, -0.1) is 0 Å². The molecule has 1 fully saturated rings. The SMILES string of the molecule is CC(=O)NCC1CCCN(c2cc3nc[nH]c(=O)c3cc2[N+](=O)[O-])C1. The van der Waals surface area contributed by atoms with Crippen LogP contribution in [0.1, 0.15) is 19.8 Å². The molecule has 2 heterocycles. The maximum Gasteiger partial charge on any atom is 0.293 e. The number of carbonyl (C=O) groups is 1. The van der Waals surface area contributed by atoms with Crippen molar-refractivity contribution in [3.05, 3.63) is 38.9 Å². The Labute approximate surface area is 143 Å². The first kappa shape index (κ1) is 16.9. The summed E-state index contributed by atoms with van der Waals surface area (Å²) >= 11 is 0. The number of anilines is 1. The lowest BCUT2D eigenvalue weighted by atomic mass is 9.97. The van der Waals surface area contributed by atoms with E-state index in [1.807, 2.05) is 4.90 Å². The molecule has 9 nitrogen and oxygen atoms in total. The third kappa shape index (κ3) is 3.59. The van der Waals surface area contributed by atoms with Crippen LogP contribution in [0.25, 0.3) is 10.9 Å². The molecule has 1 unspecified atom stereocenters. The first-order chi connectivity index (χ1) is 12.0. The van der Waals surface area contributed by atoms with Crippen molar-refractivity contribution in [1.82, 2.24) is 15.3 Å². The number of nitrogens with zero attached hydrogens (tertiary/aromatic N) is 3. The van der Waals surface area contributed by atoms with Crippen molar-refractivity contribution >= 4 is 28.2 Å². The molecule has 0 spiro atoms. The Balaban J connectivity index is 1.96. The molecule has 9 heteroatoms. The number of piperidine rings is 1. The summed E-state index contributed by atoms with van der Waals surface area (Å²) in [6.07, 6.45) is 3.12.